The van der Waals surface area contributed by atoms with E-state index < -0.39 is 11.6 Å². The molecule has 0 spiro atoms. The summed E-state index contributed by atoms with van der Waals surface area (Å²) in [5.41, 5.74) is 3.91. The van der Waals surface area contributed by atoms with Crippen LogP contribution < -0.4 is 5.32 Å². The summed E-state index contributed by atoms with van der Waals surface area (Å²) in [5, 5.41) is 3.43. The van der Waals surface area contributed by atoms with Gasteiger partial charge in [-0.15, -0.1) is 0 Å². The van der Waals surface area contributed by atoms with Gasteiger partial charge in [0.2, 0.25) is 0 Å². The Bertz CT molecular complexity index is 1000. The lowest BCUT2D eigenvalue weighted by Crippen LogP contribution is -2.49. The van der Waals surface area contributed by atoms with Crippen molar-refractivity contribution in [3.63, 3.8) is 0 Å². The highest BCUT2D eigenvalue weighted by atomic mass is 19.1. The molecule has 31 heavy (non-hydrogen) atoms. The second-order valence-corrected chi connectivity index (χ2v) is 8.21. The van der Waals surface area contributed by atoms with Gasteiger partial charge in [0.15, 0.2) is 0 Å². The second-order valence-electron chi connectivity index (χ2n) is 8.21. The molecule has 1 N–H and O–H groups in total. The summed E-state index contributed by atoms with van der Waals surface area (Å²) < 4.78 is 26.7. The van der Waals surface area contributed by atoms with E-state index in [0.717, 1.165) is 55.7 Å². The number of nitrogens with zero attached hydrogens (tertiary/aromatic N) is 3. The zero-order valence-electron chi connectivity index (χ0n) is 17.8. The number of aryl methyl sites for hydroxylation is 2. The molecule has 1 fully saturated rings. The molecule has 1 aromatic heterocycles. The summed E-state index contributed by atoms with van der Waals surface area (Å²) in [6, 6.07) is 14.6. The van der Waals surface area contributed by atoms with Crippen molar-refractivity contribution in [3.8, 4) is 11.3 Å². The lowest BCUT2D eigenvalue weighted by Gasteiger charge is -2.33. The van der Waals surface area contributed by atoms with Crippen LogP contribution in [0.1, 0.15) is 30.3 Å². The third-order valence-electron chi connectivity index (χ3n) is 5.74. The van der Waals surface area contributed by atoms with Gasteiger partial charge in [0.25, 0.3) is 0 Å². The van der Waals surface area contributed by atoms with Crippen LogP contribution in [0.4, 0.5) is 8.78 Å². The van der Waals surface area contributed by atoms with Crippen molar-refractivity contribution < 1.29 is 8.78 Å². The highest BCUT2D eigenvalue weighted by Crippen LogP contribution is 2.20. The van der Waals surface area contributed by atoms with Crippen LogP contribution in [0.25, 0.3) is 11.3 Å². The van der Waals surface area contributed by atoms with Crippen LogP contribution >= 0.6 is 0 Å². The Morgan fingerprint density at radius 2 is 1.87 bits per heavy atom. The standard InChI is InChI=1S/C25H28F2N4/c1-18-16-28-10-11-31(18)17-20-5-2-6-21(12-20)24-8-9-29-25(30-24)7-3-4-19-13-22(26)15-23(27)14-19/h2,5-6,8-9,12-15,18,28H,3-4,7,10-11,16-17H2,1H3/t18-/m1/s1. The van der Waals surface area contributed by atoms with E-state index in [2.05, 4.69) is 46.4 Å². The first kappa shape index (κ1) is 21.5. The summed E-state index contributed by atoms with van der Waals surface area (Å²) in [6.07, 6.45) is 3.75. The summed E-state index contributed by atoms with van der Waals surface area (Å²) in [7, 11) is 0. The van der Waals surface area contributed by atoms with E-state index in [1.54, 1.807) is 6.20 Å². The number of halogens is 2. The van der Waals surface area contributed by atoms with E-state index in [1.807, 2.05) is 6.07 Å². The molecule has 0 amide bonds. The zero-order valence-corrected chi connectivity index (χ0v) is 17.8. The topological polar surface area (TPSA) is 41.0 Å². The quantitative estimate of drug-likeness (QED) is 0.613. The molecule has 162 valence electrons. The van der Waals surface area contributed by atoms with E-state index >= 15 is 0 Å². The second kappa shape index (κ2) is 10.1. The first-order chi connectivity index (χ1) is 15.1. The Morgan fingerprint density at radius 1 is 1.03 bits per heavy atom. The highest BCUT2D eigenvalue weighted by molar-refractivity contribution is 5.59. The SMILES string of the molecule is C[C@@H]1CNCCN1Cc1cccc(-c2ccnc(CCCc3cc(F)cc(F)c3)n2)c1. The first-order valence-electron chi connectivity index (χ1n) is 10.9. The van der Waals surface area contributed by atoms with Gasteiger partial charge in [-0.2, -0.15) is 0 Å². The summed E-state index contributed by atoms with van der Waals surface area (Å²) in [6.45, 7) is 6.29. The number of hydrogen-bond donors (Lipinski definition) is 1. The van der Waals surface area contributed by atoms with E-state index in [0.29, 0.717) is 24.4 Å². The number of nitrogens with one attached hydrogen (secondary N) is 1. The maximum absolute atomic E-state index is 13.4. The third kappa shape index (κ3) is 5.93. The van der Waals surface area contributed by atoms with Gasteiger partial charge in [-0.05, 0) is 55.2 Å². The van der Waals surface area contributed by atoms with Crippen LogP contribution in [0, 0.1) is 11.6 Å². The number of aromatic nitrogens is 2. The molecule has 0 aliphatic carbocycles. The molecule has 4 rings (SSSR count). The molecular weight excluding hydrogens is 394 g/mol. The Morgan fingerprint density at radius 3 is 2.68 bits per heavy atom. The molecule has 1 atom stereocenters. The molecule has 0 unspecified atom stereocenters. The minimum absolute atomic E-state index is 0.523. The number of piperazine rings is 1. The molecule has 1 saturated heterocycles. The molecule has 1 aliphatic rings. The first-order valence-corrected chi connectivity index (χ1v) is 10.9. The Kier molecular flexibility index (Phi) is 6.99. The molecule has 1 aliphatic heterocycles. The van der Waals surface area contributed by atoms with E-state index in [4.69, 9.17) is 4.98 Å². The number of rotatable bonds is 7. The van der Waals surface area contributed by atoms with Crippen LogP contribution in [-0.2, 0) is 19.4 Å². The third-order valence-corrected chi connectivity index (χ3v) is 5.74. The Labute approximate surface area is 182 Å². The van der Waals surface area contributed by atoms with Crippen LogP contribution in [0.5, 0.6) is 0 Å². The predicted octanol–water partition coefficient (Wildman–Crippen LogP) is 4.39. The number of benzene rings is 2. The molecule has 0 radical (unpaired) electrons. The molecule has 0 saturated carbocycles. The van der Waals surface area contributed by atoms with Crippen LogP contribution in [0.15, 0.2) is 54.7 Å². The fraction of sp³-hybridized carbons (Fsp3) is 0.360. The van der Waals surface area contributed by atoms with Crippen molar-refractivity contribution >= 4 is 0 Å². The van der Waals surface area contributed by atoms with Crippen molar-refractivity contribution in [3.05, 3.63) is 83.3 Å². The molecule has 3 aromatic rings. The van der Waals surface area contributed by atoms with Crippen molar-refractivity contribution in [2.75, 3.05) is 19.6 Å². The van der Waals surface area contributed by atoms with Crippen molar-refractivity contribution in [2.45, 2.75) is 38.8 Å². The van der Waals surface area contributed by atoms with Gasteiger partial charge in [-0.25, -0.2) is 18.7 Å². The fourth-order valence-corrected chi connectivity index (χ4v) is 4.07. The average molecular weight is 423 g/mol. The monoisotopic (exact) mass is 422 g/mol. The minimum Gasteiger partial charge on any atom is -0.314 e. The van der Waals surface area contributed by atoms with Crippen molar-refractivity contribution in [2.24, 2.45) is 0 Å². The van der Waals surface area contributed by atoms with E-state index in [9.17, 15) is 8.78 Å². The number of hydrogen-bond acceptors (Lipinski definition) is 4. The summed E-state index contributed by atoms with van der Waals surface area (Å²) in [4.78, 5) is 11.6. The van der Waals surface area contributed by atoms with Gasteiger partial charge in [-0.3, -0.25) is 4.90 Å². The largest absolute Gasteiger partial charge is 0.314 e. The molecule has 2 aromatic carbocycles. The predicted molar refractivity (Wildman–Crippen MR) is 119 cm³/mol. The van der Waals surface area contributed by atoms with E-state index in [1.165, 1.54) is 17.7 Å². The van der Waals surface area contributed by atoms with Crippen molar-refractivity contribution in [1.82, 2.24) is 20.2 Å². The molecule has 0 bridgehead atoms. The maximum Gasteiger partial charge on any atom is 0.128 e. The smallest absolute Gasteiger partial charge is 0.128 e. The van der Waals surface area contributed by atoms with Crippen LogP contribution in [0.2, 0.25) is 0 Å². The zero-order chi connectivity index (χ0) is 21.6. The van der Waals surface area contributed by atoms with Gasteiger partial charge in [-0.1, -0.05) is 18.2 Å². The lowest BCUT2D eigenvalue weighted by atomic mass is 10.1. The average Bonchev–Trinajstić information content (AvgIpc) is 2.75. The molecular formula is C25H28F2N4. The fourth-order valence-electron chi connectivity index (χ4n) is 4.07. The molecule has 6 heteroatoms. The molecule has 4 nitrogen and oxygen atoms in total. The minimum atomic E-state index is -0.539. The van der Waals surface area contributed by atoms with Crippen LogP contribution in [0.3, 0.4) is 0 Å². The van der Waals surface area contributed by atoms with Gasteiger partial charge in [0.05, 0.1) is 5.69 Å². The highest BCUT2D eigenvalue weighted by Gasteiger charge is 2.18. The summed E-state index contributed by atoms with van der Waals surface area (Å²) >= 11 is 0. The van der Waals surface area contributed by atoms with Gasteiger partial charge in [0, 0.05) is 56.5 Å². The Balaban J connectivity index is 1.40. The van der Waals surface area contributed by atoms with Gasteiger partial charge < -0.3 is 5.32 Å². The van der Waals surface area contributed by atoms with E-state index in [-0.39, 0.29) is 0 Å². The Hall–Kier alpha value is -2.70. The normalized spacial score (nSPS) is 17.1. The van der Waals surface area contributed by atoms with Crippen LogP contribution in [-0.4, -0.2) is 40.5 Å². The van der Waals surface area contributed by atoms with Crippen molar-refractivity contribution in [1.29, 1.82) is 0 Å². The maximum atomic E-state index is 13.4. The van der Waals surface area contributed by atoms with Gasteiger partial charge in [0.1, 0.15) is 17.5 Å². The lowest BCUT2D eigenvalue weighted by molar-refractivity contribution is 0.165. The van der Waals surface area contributed by atoms with Gasteiger partial charge >= 0.3 is 0 Å². The summed E-state index contributed by atoms with van der Waals surface area (Å²) in [5.74, 6) is -0.331. The molecule has 2 heterocycles.